The summed E-state index contributed by atoms with van der Waals surface area (Å²) < 4.78 is 24.7. The van der Waals surface area contributed by atoms with Crippen LogP contribution in [0.4, 0.5) is 21.9 Å². The lowest BCUT2D eigenvalue weighted by atomic mass is 10.2. The normalized spacial score (nSPS) is 17.5. The van der Waals surface area contributed by atoms with Crippen molar-refractivity contribution in [2.75, 3.05) is 80.7 Å². The molecule has 2 fully saturated rings. The standard InChI is InChI=1S/C25H33ClN6O4S/c1-19-4-3-5-22(26)24(19)28-25(34)31-14-12-30(13-15-31)21-8-6-20(7-9-21)27-23(33)18-29-10-16-32(17-11-29)37(2,35)36/h3-9H,10-18H2,1-2H3,(H,27,33)(H,28,34). The first-order chi connectivity index (χ1) is 17.6. The average Bonchev–Trinajstić information content (AvgIpc) is 2.86. The van der Waals surface area contributed by atoms with Crippen LogP contribution in [-0.2, 0) is 14.8 Å². The number of para-hydroxylation sites is 1. The molecule has 200 valence electrons. The molecule has 2 N–H and O–H groups in total. The second-order valence-electron chi connectivity index (χ2n) is 9.37. The SMILES string of the molecule is Cc1cccc(Cl)c1NC(=O)N1CCN(c2ccc(NC(=O)CN3CCN(S(C)(=O)=O)CC3)cc2)CC1. The molecule has 0 bridgehead atoms. The van der Waals surface area contributed by atoms with Crippen molar-refractivity contribution in [1.29, 1.82) is 0 Å². The average molecular weight is 549 g/mol. The molecule has 2 aromatic rings. The molecule has 0 aromatic heterocycles. The number of nitrogens with one attached hydrogen (secondary N) is 2. The molecule has 2 heterocycles. The molecule has 2 saturated heterocycles. The predicted molar refractivity (Wildman–Crippen MR) is 147 cm³/mol. The highest BCUT2D eigenvalue weighted by atomic mass is 35.5. The molecule has 12 heteroatoms. The maximum absolute atomic E-state index is 12.7. The maximum atomic E-state index is 12.7. The zero-order valence-corrected chi connectivity index (χ0v) is 22.7. The van der Waals surface area contributed by atoms with Crippen molar-refractivity contribution in [3.8, 4) is 0 Å². The van der Waals surface area contributed by atoms with Crippen molar-refractivity contribution in [3.05, 3.63) is 53.1 Å². The number of carbonyl (C=O) groups excluding carboxylic acids is 2. The number of urea groups is 1. The summed E-state index contributed by atoms with van der Waals surface area (Å²) in [5.74, 6) is -0.131. The molecule has 2 aromatic carbocycles. The van der Waals surface area contributed by atoms with Crippen molar-refractivity contribution >= 4 is 50.6 Å². The van der Waals surface area contributed by atoms with Gasteiger partial charge in [-0.25, -0.2) is 13.2 Å². The van der Waals surface area contributed by atoms with Gasteiger partial charge in [-0.05, 0) is 42.8 Å². The van der Waals surface area contributed by atoms with Gasteiger partial charge in [-0.3, -0.25) is 9.69 Å². The number of rotatable bonds is 6. The second kappa shape index (κ2) is 11.7. The monoisotopic (exact) mass is 548 g/mol. The van der Waals surface area contributed by atoms with Crippen LogP contribution in [0.3, 0.4) is 0 Å². The highest BCUT2D eigenvalue weighted by Gasteiger charge is 2.25. The van der Waals surface area contributed by atoms with Crippen LogP contribution in [0.2, 0.25) is 5.02 Å². The summed E-state index contributed by atoms with van der Waals surface area (Å²) in [6.07, 6.45) is 1.21. The number of amides is 3. The maximum Gasteiger partial charge on any atom is 0.322 e. The van der Waals surface area contributed by atoms with Gasteiger partial charge in [-0.1, -0.05) is 23.7 Å². The molecule has 2 aliphatic heterocycles. The molecular weight excluding hydrogens is 516 g/mol. The quantitative estimate of drug-likeness (QED) is 0.575. The van der Waals surface area contributed by atoms with E-state index in [-0.39, 0.29) is 18.5 Å². The van der Waals surface area contributed by atoms with Gasteiger partial charge in [0.25, 0.3) is 0 Å². The Balaban J connectivity index is 1.22. The van der Waals surface area contributed by atoms with E-state index in [2.05, 4.69) is 15.5 Å². The van der Waals surface area contributed by atoms with Gasteiger partial charge in [0.05, 0.1) is 23.5 Å². The largest absolute Gasteiger partial charge is 0.368 e. The highest BCUT2D eigenvalue weighted by Crippen LogP contribution is 2.26. The number of nitrogens with zero attached hydrogens (tertiary/aromatic N) is 4. The van der Waals surface area contributed by atoms with Gasteiger partial charge in [0.1, 0.15) is 0 Å². The van der Waals surface area contributed by atoms with E-state index in [9.17, 15) is 18.0 Å². The summed E-state index contributed by atoms with van der Waals surface area (Å²) in [4.78, 5) is 31.1. The Labute approximate surface area is 223 Å². The minimum Gasteiger partial charge on any atom is -0.368 e. The van der Waals surface area contributed by atoms with Gasteiger partial charge < -0.3 is 20.4 Å². The van der Waals surface area contributed by atoms with Gasteiger partial charge in [0.15, 0.2) is 0 Å². The first-order valence-electron chi connectivity index (χ1n) is 12.2. The van der Waals surface area contributed by atoms with E-state index in [0.717, 1.165) is 11.3 Å². The second-order valence-corrected chi connectivity index (χ2v) is 11.8. The zero-order valence-electron chi connectivity index (χ0n) is 21.1. The van der Waals surface area contributed by atoms with Crippen LogP contribution in [0.25, 0.3) is 0 Å². The molecule has 0 unspecified atom stereocenters. The Bertz CT molecular complexity index is 1200. The number of aryl methyl sites for hydroxylation is 1. The Morgan fingerprint density at radius 3 is 2.14 bits per heavy atom. The Morgan fingerprint density at radius 1 is 0.892 bits per heavy atom. The summed E-state index contributed by atoms with van der Waals surface area (Å²) in [6, 6.07) is 13.0. The summed E-state index contributed by atoms with van der Waals surface area (Å²) in [6.45, 7) is 6.54. The van der Waals surface area contributed by atoms with Crippen LogP contribution in [-0.4, -0.2) is 99.6 Å². The lowest BCUT2D eigenvalue weighted by Crippen LogP contribution is -2.50. The van der Waals surface area contributed by atoms with Crippen LogP contribution in [0.15, 0.2) is 42.5 Å². The summed E-state index contributed by atoms with van der Waals surface area (Å²) >= 11 is 6.24. The molecular formula is C25H33ClN6O4S. The number of carbonyl (C=O) groups is 2. The van der Waals surface area contributed by atoms with Crippen molar-refractivity contribution in [3.63, 3.8) is 0 Å². The molecule has 4 rings (SSSR count). The van der Waals surface area contributed by atoms with Gasteiger partial charge in [0.2, 0.25) is 15.9 Å². The number of hydrogen-bond donors (Lipinski definition) is 2. The third-order valence-corrected chi connectivity index (χ3v) is 8.32. The number of anilines is 3. The fraction of sp³-hybridized carbons (Fsp3) is 0.440. The van der Waals surface area contributed by atoms with Gasteiger partial charge in [-0.2, -0.15) is 4.31 Å². The summed E-state index contributed by atoms with van der Waals surface area (Å²) in [5, 5.41) is 6.36. The van der Waals surface area contributed by atoms with Crippen LogP contribution < -0.4 is 15.5 Å². The van der Waals surface area contributed by atoms with Crippen LogP contribution >= 0.6 is 11.6 Å². The van der Waals surface area contributed by atoms with Crippen LogP contribution in [0.5, 0.6) is 0 Å². The highest BCUT2D eigenvalue weighted by molar-refractivity contribution is 7.88. The summed E-state index contributed by atoms with van der Waals surface area (Å²) in [7, 11) is -3.19. The molecule has 10 nitrogen and oxygen atoms in total. The number of hydrogen-bond acceptors (Lipinski definition) is 6. The number of sulfonamides is 1. The van der Waals surface area contributed by atoms with E-state index in [4.69, 9.17) is 11.6 Å². The lowest BCUT2D eigenvalue weighted by Gasteiger charge is -2.36. The fourth-order valence-electron chi connectivity index (χ4n) is 4.52. The molecule has 3 amide bonds. The Morgan fingerprint density at radius 2 is 1.54 bits per heavy atom. The third-order valence-electron chi connectivity index (χ3n) is 6.70. The summed E-state index contributed by atoms with van der Waals surface area (Å²) in [5.41, 5.74) is 3.29. The molecule has 0 saturated carbocycles. The van der Waals surface area contributed by atoms with Crippen molar-refractivity contribution in [2.24, 2.45) is 0 Å². The third kappa shape index (κ3) is 7.13. The van der Waals surface area contributed by atoms with Crippen LogP contribution in [0, 0.1) is 6.92 Å². The predicted octanol–water partition coefficient (Wildman–Crippen LogP) is 2.52. The Kier molecular flexibility index (Phi) is 8.58. The molecule has 0 atom stereocenters. The van der Waals surface area contributed by atoms with Crippen LogP contribution in [0.1, 0.15) is 5.56 Å². The number of halogens is 1. The minimum absolute atomic E-state index is 0.131. The molecule has 2 aliphatic rings. The first kappa shape index (κ1) is 27.2. The van der Waals surface area contributed by atoms with Crippen molar-refractivity contribution < 1.29 is 18.0 Å². The van der Waals surface area contributed by atoms with Crippen molar-refractivity contribution in [2.45, 2.75) is 6.92 Å². The fourth-order valence-corrected chi connectivity index (χ4v) is 5.62. The molecule has 0 radical (unpaired) electrons. The zero-order chi connectivity index (χ0) is 26.6. The van der Waals surface area contributed by atoms with E-state index >= 15 is 0 Å². The molecule has 0 aliphatic carbocycles. The van der Waals surface area contributed by atoms with Gasteiger partial charge in [-0.15, -0.1) is 0 Å². The van der Waals surface area contributed by atoms with E-state index in [1.165, 1.54) is 10.6 Å². The van der Waals surface area contributed by atoms with E-state index < -0.39 is 10.0 Å². The van der Waals surface area contributed by atoms with Crippen molar-refractivity contribution in [1.82, 2.24) is 14.1 Å². The first-order valence-corrected chi connectivity index (χ1v) is 14.5. The van der Waals surface area contributed by atoms with Gasteiger partial charge >= 0.3 is 6.03 Å². The Hall–Kier alpha value is -2.86. The van der Waals surface area contributed by atoms with E-state index in [0.29, 0.717) is 68.8 Å². The van der Waals surface area contributed by atoms with E-state index in [1.54, 1.807) is 11.0 Å². The van der Waals surface area contributed by atoms with Gasteiger partial charge in [0, 0.05) is 63.7 Å². The smallest absolute Gasteiger partial charge is 0.322 e. The molecule has 37 heavy (non-hydrogen) atoms. The lowest BCUT2D eigenvalue weighted by molar-refractivity contribution is -0.117. The van der Waals surface area contributed by atoms with E-state index in [1.807, 2.05) is 48.2 Å². The number of piperazine rings is 2. The topological polar surface area (TPSA) is 105 Å². The molecule has 0 spiro atoms. The number of benzene rings is 2. The minimum atomic E-state index is -3.19.